The molecule has 2 atom stereocenters. The van der Waals surface area contributed by atoms with Gasteiger partial charge in [0.2, 0.25) is 0 Å². The standard InChI is InChI=1S/C19H26ClN3O/c1-3-18(4-2)9-8-16(10-15-6-5-7-17(20)11-15)19(18,24)12-23-14-21-13-22-23/h5-7,11,13-14,16,24H,3-4,8-10,12H2,1-2H3. The lowest BCUT2D eigenvalue weighted by molar-refractivity contribution is -0.110. The quantitative estimate of drug-likeness (QED) is 0.855. The van der Waals surface area contributed by atoms with E-state index in [1.54, 1.807) is 11.0 Å². The number of hydrogen-bond acceptors (Lipinski definition) is 3. The van der Waals surface area contributed by atoms with E-state index in [1.165, 1.54) is 11.9 Å². The SMILES string of the molecule is CCC1(CC)CCC(Cc2cccc(Cl)c2)C1(O)Cn1cncn1. The normalized spacial score (nSPS) is 25.9. The second-order valence-corrected chi connectivity index (χ2v) is 7.51. The summed E-state index contributed by atoms with van der Waals surface area (Å²) in [5.74, 6) is 0.195. The van der Waals surface area contributed by atoms with Gasteiger partial charge >= 0.3 is 0 Å². The summed E-state index contributed by atoms with van der Waals surface area (Å²) in [6, 6.07) is 7.98. The van der Waals surface area contributed by atoms with Gasteiger partial charge in [0.15, 0.2) is 0 Å². The van der Waals surface area contributed by atoms with Crippen LogP contribution in [0.25, 0.3) is 0 Å². The van der Waals surface area contributed by atoms with Gasteiger partial charge in [-0.25, -0.2) is 4.98 Å². The number of rotatable bonds is 6. The number of halogens is 1. The predicted octanol–water partition coefficient (Wildman–Crippen LogP) is 4.12. The van der Waals surface area contributed by atoms with Crippen molar-refractivity contribution in [1.82, 2.24) is 14.8 Å². The second kappa shape index (κ2) is 6.85. The van der Waals surface area contributed by atoms with Crippen molar-refractivity contribution in [3.63, 3.8) is 0 Å². The molecule has 0 amide bonds. The van der Waals surface area contributed by atoms with Gasteiger partial charge in [-0.3, -0.25) is 4.68 Å². The second-order valence-electron chi connectivity index (χ2n) is 7.07. The van der Waals surface area contributed by atoms with Gasteiger partial charge in [-0.05, 0) is 55.7 Å². The lowest BCUT2D eigenvalue weighted by Crippen LogP contribution is -2.51. The molecule has 0 radical (unpaired) electrons. The molecule has 5 heteroatoms. The summed E-state index contributed by atoms with van der Waals surface area (Å²) >= 11 is 6.14. The molecule has 1 aliphatic rings. The fourth-order valence-electron chi connectivity index (χ4n) is 4.63. The van der Waals surface area contributed by atoms with Crippen LogP contribution in [-0.4, -0.2) is 25.5 Å². The fraction of sp³-hybridized carbons (Fsp3) is 0.579. The average Bonchev–Trinajstić information content (AvgIpc) is 3.16. The Bertz CT molecular complexity index is 669. The van der Waals surface area contributed by atoms with E-state index < -0.39 is 5.60 Å². The van der Waals surface area contributed by atoms with Crippen LogP contribution < -0.4 is 0 Å². The van der Waals surface area contributed by atoms with Crippen molar-refractivity contribution in [3.8, 4) is 0 Å². The zero-order valence-corrected chi connectivity index (χ0v) is 15.2. The van der Waals surface area contributed by atoms with Gasteiger partial charge in [0.05, 0.1) is 12.1 Å². The van der Waals surface area contributed by atoms with Gasteiger partial charge in [0.1, 0.15) is 12.7 Å². The molecule has 24 heavy (non-hydrogen) atoms. The molecule has 1 aromatic carbocycles. The Morgan fingerprint density at radius 3 is 2.75 bits per heavy atom. The van der Waals surface area contributed by atoms with E-state index in [9.17, 15) is 5.11 Å². The Balaban J connectivity index is 1.92. The fourth-order valence-corrected chi connectivity index (χ4v) is 4.84. The first-order valence-corrected chi connectivity index (χ1v) is 9.20. The molecule has 0 spiro atoms. The highest BCUT2D eigenvalue weighted by atomic mass is 35.5. The maximum Gasteiger partial charge on any atom is 0.137 e. The van der Waals surface area contributed by atoms with Gasteiger partial charge in [-0.1, -0.05) is 37.6 Å². The molecule has 1 heterocycles. The smallest absolute Gasteiger partial charge is 0.137 e. The topological polar surface area (TPSA) is 50.9 Å². The van der Waals surface area contributed by atoms with Gasteiger partial charge < -0.3 is 5.11 Å². The molecule has 1 aliphatic carbocycles. The molecule has 1 saturated carbocycles. The van der Waals surface area contributed by atoms with Crippen LogP contribution in [0.4, 0.5) is 0 Å². The molecule has 0 saturated heterocycles. The highest BCUT2D eigenvalue weighted by Crippen LogP contribution is 2.55. The Morgan fingerprint density at radius 1 is 1.33 bits per heavy atom. The van der Waals surface area contributed by atoms with Crippen LogP contribution in [0.5, 0.6) is 0 Å². The Morgan fingerprint density at radius 2 is 2.12 bits per heavy atom. The van der Waals surface area contributed by atoms with Crippen molar-refractivity contribution in [2.75, 3.05) is 0 Å². The van der Waals surface area contributed by atoms with E-state index in [0.29, 0.717) is 6.54 Å². The van der Waals surface area contributed by atoms with Crippen LogP contribution in [0.15, 0.2) is 36.9 Å². The summed E-state index contributed by atoms with van der Waals surface area (Å²) in [4.78, 5) is 4.04. The van der Waals surface area contributed by atoms with Crippen LogP contribution in [0, 0.1) is 11.3 Å². The molecule has 1 N–H and O–H groups in total. The minimum atomic E-state index is -0.785. The summed E-state index contributed by atoms with van der Waals surface area (Å²) in [7, 11) is 0. The van der Waals surface area contributed by atoms with Gasteiger partial charge in [-0.2, -0.15) is 5.10 Å². The molecule has 2 aromatic rings. The van der Waals surface area contributed by atoms with Crippen molar-refractivity contribution in [1.29, 1.82) is 0 Å². The minimum absolute atomic E-state index is 0.0673. The van der Waals surface area contributed by atoms with Crippen molar-refractivity contribution in [3.05, 3.63) is 47.5 Å². The number of hydrogen-bond donors (Lipinski definition) is 1. The molecule has 2 unspecified atom stereocenters. The molecule has 0 bridgehead atoms. The van der Waals surface area contributed by atoms with Crippen molar-refractivity contribution in [2.24, 2.45) is 11.3 Å². The lowest BCUT2D eigenvalue weighted by atomic mass is 9.67. The largest absolute Gasteiger partial charge is 0.387 e. The van der Waals surface area contributed by atoms with E-state index in [0.717, 1.165) is 37.1 Å². The first-order valence-electron chi connectivity index (χ1n) is 8.82. The Labute approximate surface area is 148 Å². The maximum atomic E-state index is 11.8. The highest BCUT2D eigenvalue weighted by molar-refractivity contribution is 6.30. The third-order valence-electron chi connectivity index (χ3n) is 6.16. The molecule has 3 rings (SSSR count). The molecular formula is C19H26ClN3O. The first-order chi connectivity index (χ1) is 11.5. The Hall–Kier alpha value is -1.39. The number of benzene rings is 1. The van der Waals surface area contributed by atoms with Crippen molar-refractivity contribution >= 4 is 11.6 Å². The first kappa shape index (κ1) is 17.4. The van der Waals surface area contributed by atoms with Crippen LogP contribution in [-0.2, 0) is 13.0 Å². The van der Waals surface area contributed by atoms with Crippen LogP contribution in [0.2, 0.25) is 5.02 Å². The number of aromatic nitrogens is 3. The van der Waals surface area contributed by atoms with Gasteiger partial charge in [0.25, 0.3) is 0 Å². The van der Waals surface area contributed by atoms with Gasteiger partial charge in [-0.15, -0.1) is 0 Å². The van der Waals surface area contributed by atoms with Crippen LogP contribution in [0.1, 0.15) is 45.1 Å². The highest BCUT2D eigenvalue weighted by Gasteiger charge is 2.57. The van der Waals surface area contributed by atoms with E-state index >= 15 is 0 Å². The molecule has 4 nitrogen and oxygen atoms in total. The summed E-state index contributed by atoms with van der Waals surface area (Å²) in [6.07, 6.45) is 8.09. The Kier molecular flexibility index (Phi) is 4.97. The summed E-state index contributed by atoms with van der Waals surface area (Å²) < 4.78 is 1.77. The van der Waals surface area contributed by atoms with E-state index in [2.05, 4.69) is 30.0 Å². The third-order valence-corrected chi connectivity index (χ3v) is 6.39. The summed E-state index contributed by atoms with van der Waals surface area (Å²) in [5, 5.41) is 16.8. The predicted molar refractivity (Wildman–Crippen MR) is 95.9 cm³/mol. The van der Waals surface area contributed by atoms with Gasteiger partial charge in [0, 0.05) is 10.4 Å². The molecule has 0 aliphatic heterocycles. The summed E-state index contributed by atoms with van der Waals surface area (Å²) in [6.45, 7) is 4.88. The third kappa shape index (κ3) is 2.98. The molecule has 130 valence electrons. The molecule has 1 fully saturated rings. The maximum absolute atomic E-state index is 11.8. The zero-order valence-electron chi connectivity index (χ0n) is 14.5. The minimum Gasteiger partial charge on any atom is -0.387 e. The number of aliphatic hydroxyl groups is 1. The van der Waals surface area contributed by atoms with Crippen molar-refractivity contribution < 1.29 is 5.11 Å². The van der Waals surface area contributed by atoms with E-state index in [4.69, 9.17) is 11.6 Å². The molecule has 1 aromatic heterocycles. The van der Waals surface area contributed by atoms with Crippen molar-refractivity contribution in [2.45, 2.75) is 58.1 Å². The zero-order chi connectivity index (χ0) is 17.2. The summed E-state index contributed by atoms with van der Waals surface area (Å²) in [5.41, 5.74) is 0.335. The molecular weight excluding hydrogens is 322 g/mol. The number of nitrogens with zero attached hydrogens (tertiary/aromatic N) is 3. The lowest BCUT2D eigenvalue weighted by Gasteiger charge is -2.44. The van der Waals surface area contributed by atoms with E-state index in [-0.39, 0.29) is 11.3 Å². The average molecular weight is 348 g/mol. The monoisotopic (exact) mass is 347 g/mol. The van der Waals surface area contributed by atoms with Crippen LogP contribution >= 0.6 is 11.6 Å². The van der Waals surface area contributed by atoms with E-state index in [1.807, 2.05) is 18.2 Å². The van der Waals surface area contributed by atoms with Crippen LogP contribution in [0.3, 0.4) is 0 Å².